The Balaban J connectivity index is 1.81. The van der Waals surface area contributed by atoms with Crippen molar-refractivity contribution in [3.05, 3.63) is 59.7 Å². The topological polar surface area (TPSA) is 43.4 Å². The Morgan fingerprint density at radius 2 is 2.05 bits per heavy atom. The van der Waals surface area contributed by atoms with Crippen LogP contribution >= 0.6 is 0 Å². The van der Waals surface area contributed by atoms with Gasteiger partial charge in [-0.1, -0.05) is 18.2 Å². The van der Waals surface area contributed by atoms with Gasteiger partial charge in [-0.05, 0) is 18.2 Å². The average molecular weight is 290 g/mol. The molecule has 5 heteroatoms. The summed E-state index contributed by atoms with van der Waals surface area (Å²) >= 11 is 0. The molecule has 1 heterocycles. The molecule has 1 aromatic carbocycles. The highest BCUT2D eigenvalue weighted by molar-refractivity contribution is 5.22. The van der Waals surface area contributed by atoms with Gasteiger partial charge in [0.15, 0.2) is 0 Å². The van der Waals surface area contributed by atoms with Gasteiger partial charge in [-0.15, -0.1) is 0 Å². The minimum absolute atomic E-state index is 0.194. The number of aromatic nitrogens is 1. The largest absolute Gasteiger partial charge is 0.487 e. The van der Waals surface area contributed by atoms with Crippen LogP contribution in [0.1, 0.15) is 11.3 Å². The minimum atomic E-state index is -0.260. The second kappa shape index (κ2) is 8.34. The summed E-state index contributed by atoms with van der Waals surface area (Å²) in [5.41, 5.74) is 1.45. The van der Waals surface area contributed by atoms with Gasteiger partial charge in [0.2, 0.25) is 0 Å². The van der Waals surface area contributed by atoms with Gasteiger partial charge < -0.3 is 14.8 Å². The number of pyridine rings is 1. The number of nitrogens with one attached hydrogen (secondary N) is 1. The third kappa shape index (κ3) is 5.13. The number of nitrogens with zero attached hydrogens (tertiary/aromatic N) is 1. The Morgan fingerprint density at radius 1 is 1.19 bits per heavy atom. The number of rotatable bonds is 8. The van der Waals surface area contributed by atoms with Gasteiger partial charge in [-0.25, -0.2) is 4.39 Å². The highest BCUT2D eigenvalue weighted by atomic mass is 19.1. The summed E-state index contributed by atoms with van der Waals surface area (Å²) in [6.07, 6.45) is 1.65. The van der Waals surface area contributed by atoms with E-state index in [-0.39, 0.29) is 12.4 Å². The summed E-state index contributed by atoms with van der Waals surface area (Å²) in [6.45, 7) is 2.32. The zero-order chi connectivity index (χ0) is 14.9. The van der Waals surface area contributed by atoms with Crippen molar-refractivity contribution in [2.24, 2.45) is 0 Å². The molecule has 0 bridgehead atoms. The highest BCUT2D eigenvalue weighted by Crippen LogP contribution is 2.13. The Bertz CT molecular complexity index is 546. The van der Waals surface area contributed by atoms with E-state index in [1.165, 1.54) is 6.07 Å². The van der Waals surface area contributed by atoms with Crippen LogP contribution in [0.4, 0.5) is 4.39 Å². The predicted molar refractivity (Wildman–Crippen MR) is 78.6 cm³/mol. The summed E-state index contributed by atoms with van der Waals surface area (Å²) in [5.74, 6) is 0.364. The fraction of sp³-hybridized carbons (Fsp3) is 0.312. The minimum Gasteiger partial charge on any atom is -0.487 e. The number of hydrogen-bond donors (Lipinski definition) is 1. The highest BCUT2D eigenvalue weighted by Gasteiger charge is 2.02. The van der Waals surface area contributed by atoms with Gasteiger partial charge in [-0.3, -0.25) is 4.98 Å². The Kier molecular flexibility index (Phi) is 6.12. The van der Waals surface area contributed by atoms with Gasteiger partial charge in [0, 0.05) is 25.8 Å². The van der Waals surface area contributed by atoms with Crippen molar-refractivity contribution in [1.82, 2.24) is 10.3 Å². The quantitative estimate of drug-likeness (QED) is 0.759. The third-order valence-electron chi connectivity index (χ3n) is 2.94. The van der Waals surface area contributed by atoms with E-state index in [1.807, 2.05) is 12.1 Å². The van der Waals surface area contributed by atoms with Crippen molar-refractivity contribution in [1.29, 1.82) is 0 Å². The van der Waals surface area contributed by atoms with E-state index >= 15 is 0 Å². The Hall–Kier alpha value is -1.98. The molecule has 0 aliphatic rings. The summed E-state index contributed by atoms with van der Waals surface area (Å²) in [5, 5.41) is 3.21. The zero-order valence-corrected chi connectivity index (χ0v) is 12.0. The zero-order valence-electron chi connectivity index (χ0n) is 12.0. The van der Waals surface area contributed by atoms with Gasteiger partial charge in [0.25, 0.3) is 0 Å². The molecule has 0 aliphatic carbocycles. The van der Waals surface area contributed by atoms with Crippen molar-refractivity contribution < 1.29 is 13.9 Å². The molecule has 21 heavy (non-hydrogen) atoms. The molecule has 4 nitrogen and oxygen atoms in total. The smallest absolute Gasteiger partial charge is 0.138 e. The first-order valence-corrected chi connectivity index (χ1v) is 6.80. The number of ether oxygens (including phenoxy) is 2. The van der Waals surface area contributed by atoms with Crippen molar-refractivity contribution in [2.45, 2.75) is 13.2 Å². The van der Waals surface area contributed by atoms with E-state index in [9.17, 15) is 4.39 Å². The van der Waals surface area contributed by atoms with E-state index in [4.69, 9.17) is 9.47 Å². The normalized spacial score (nSPS) is 10.6. The molecular weight excluding hydrogens is 271 g/mol. The second-order valence-corrected chi connectivity index (χ2v) is 4.53. The molecular formula is C16H19FN2O2. The molecule has 0 radical (unpaired) electrons. The number of hydrogen-bond acceptors (Lipinski definition) is 4. The lowest BCUT2D eigenvalue weighted by Crippen LogP contribution is -2.19. The van der Waals surface area contributed by atoms with Gasteiger partial charge in [-0.2, -0.15) is 0 Å². The summed E-state index contributed by atoms with van der Waals surface area (Å²) < 4.78 is 23.9. The van der Waals surface area contributed by atoms with Crippen molar-refractivity contribution in [2.75, 3.05) is 20.3 Å². The van der Waals surface area contributed by atoms with Crippen molar-refractivity contribution in [3.8, 4) is 5.75 Å². The lowest BCUT2D eigenvalue weighted by atomic mass is 10.2. The molecule has 1 N–H and O–H groups in total. The van der Waals surface area contributed by atoms with E-state index in [0.717, 1.165) is 12.2 Å². The maximum atomic E-state index is 13.4. The summed E-state index contributed by atoms with van der Waals surface area (Å²) in [6, 6.07) is 10.3. The maximum Gasteiger partial charge on any atom is 0.138 e. The van der Waals surface area contributed by atoms with Crippen LogP contribution in [0.25, 0.3) is 0 Å². The van der Waals surface area contributed by atoms with E-state index in [2.05, 4.69) is 10.3 Å². The SMILES string of the molecule is COCCNCc1ccc(OCc2ccccc2F)cn1. The number of methoxy groups -OCH3 is 1. The van der Waals surface area contributed by atoms with Crippen LogP contribution in [0.2, 0.25) is 0 Å². The molecule has 2 rings (SSSR count). The maximum absolute atomic E-state index is 13.4. The lowest BCUT2D eigenvalue weighted by Gasteiger charge is -2.08. The molecule has 0 amide bonds. The first-order chi connectivity index (χ1) is 10.3. The fourth-order valence-electron chi connectivity index (χ4n) is 1.77. The first-order valence-electron chi connectivity index (χ1n) is 6.80. The molecule has 0 atom stereocenters. The van der Waals surface area contributed by atoms with Gasteiger partial charge in [0.1, 0.15) is 18.2 Å². The molecule has 0 unspecified atom stereocenters. The monoisotopic (exact) mass is 290 g/mol. The molecule has 112 valence electrons. The first kappa shape index (κ1) is 15.4. The third-order valence-corrected chi connectivity index (χ3v) is 2.94. The van der Waals surface area contributed by atoms with Crippen molar-refractivity contribution >= 4 is 0 Å². The van der Waals surface area contributed by atoms with Crippen LogP contribution in [0.3, 0.4) is 0 Å². The predicted octanol–water partition coefficient (Wildman–Crippen LogP) is 2.54. The van der Waals surface area contributed by atoms with E-state index in [1.54, 1.807) is 31.5 Å². The summed E-state index contributed by atoms with van der Waals surface area (Å²) in [7, 11) is 1.67. The fourth-order valence-corrected chi connectivity index (χ4v) is 1.77. The van der Waals surface area contributed by atoms with Crippen LogP contribution < -0.4 is 10.1 Å². The second-order valence-electron chi connectivity index (χ2n) is 4.53. The molecule has 0 fully saturated rings. The summed E-state index contributed by atoms with van der Waals surface area (Å²) in [4.78, 5) is 4.29. The van der Waals surface area contributed by atoms with Crippen LogP contribution in [-0.4, -0.2) is 25.2 Å². The molecule has 0 saturated carbocycles. The molecule has 2 aromatic rings. The van der Waals surface area contributed by atoms with E-state index < -0.39 is 0 Å². The average Bonchev–Trinajstić information content (AvgIpc) is 2.52. The molecule has 0 aliphatic heterocycles. The molecule has 0 saturated heterocycles. The molecule has 0 spiro atoms. The van der Waals surface area contributed by atoms with E-state index in [0.29, 0.717) is 24.5 Å². The van der Waals surface area contributed by atoms with Crippen LogP contribution in [0, 0.1) is 5.82 Å². The lowest BCUT2D eigenvalue weighted by molar-refractivity contribution is 0.199. The number of halogens is 1. The standard InChI is InChI=1S/C16H19FN2O2/c1-20-9-8-18-10-14-6-7-15(11-19-14)21-12-13-4-2-3-5-16(13)17/h2-7,11,18H,8-10,12H2,1H3. The van der Waals surface area contributed by atoms with Crippen LogP contribution in [0.5, 0.6) is 5.75 Å². The molecule has 1 aromatic heterocycles. The van der Waals surface area contributed by atoms with Gasteiger partial charge >= 0.3 is 0 Å². The van der Waals surface area contributed by atoms with Crippen LogP contribution in [-0.2, 0) is 17.9 Å². The number of benzene rings is 1. The van der Waals surface area contributed by atoms with Crippen molar-refractivity contribution in [3.63, 3.8) is 0 Å². The van der Waals surface area contributed by atoms with Crippen LogP contribution in [0.15, 0.2) is 42.6 Å². The Labute approximate surface area is 123 Å². The van der Waals surface area contributed by atoms with Gasteiger partial charge in [0.05, 0.1) is 18.5 Å². The Morgan fingerprint density at radius 3 is 2.76 bits per heavy atom.